The molecule has 3 atom stereocenters. The van der Waals surface area contributed by atoms with Crippen molar-refractivity contribution in [1.82, 2.24) is 9.55 Å². The highest BCUT2D eigenvalue weighted by molar-refractivity contribution is 5.09. The summed E-state index contributed by atoms with van der Waals surface area (Å²) < 4.78 is 2.27. The SMILES string of the molecule is CCCC1CC1n1cncc1[C@H](C)N. The molecule has 0 aliphatic heterocycles. The lowest BCUT2D eigenvalue weighted by molar-refractivity contribution is 0.574. The molecule has 3 heteroatoms. The Hall–Kier alpha value is -0.830. The van der Waals surface area contributed by atoms with Crippen LogP contribution in [0.4, 0.5) is 0 Å². The third-order valence-corrected chi connectivity index (χ3v) is 3.06. The van der Waals surface area contributed by atoms with Gasteiger partial charge in [-0.3, -0.25) is 0 Å². The minimum absolute atomic E-state index is 0.0976. The molecule has 3 nitrogen and oxygen atoms in total. The Morgan fingerprint density at radius 2 is 2.50 bits per heavy atom. The number of aromatic nitrogens is 2. The Morgan fingerprint density at radius 1 is 1.71 bits per heavy atom. The molecule has 1 aliphatic carbocycles. The molecule has 0 aromatic carbocycles. The fourth-order valence-corrected chi connectivity index (χ4v) is 2.20. The molecule has 2 rings (SSSR count). The van der Waals surface area contributed by atoms with E-state index in [-0.39, 0.29) is 6.04 Å². The number of nitrogens with zero attached hydrogens (tertiary/aromatic N) is 2. The number of imidazole rings is 1. The van der Waals surface area contributed by atoms with Gasteiger partial charge in [-0.05, 0) is 25.7 Å². The fourth-order valence-electron chi connectivity index (χ4n) is 2.20. The first-order valence-electron chi connectivity index (χ1n) is 5.51. The largest absolute Gasteiger partial charge is 0.330 e. The quantitative estimate of drug-likeness (QED) is 0.797. The third kappa shape index (κ3) is 1.69. The molecule has 78 valence electrons. The van der Waals surface area contributed by atoms with Crippen molar-refractivity contribution in [2.24, 2.45) is 11.7 Å². The summed E-state index contributed by atoms with van der Waals surface area (Å²) in [5, 5.41) is 0. The lowest BCUT2D eigenvalue weighted by Crippen LogP contribution is -2.11. The first-order chi connectivity index (χ1) is 6.74. The summed E-state index contributed by atoms with van der Waals surface area (Å²) in [6.45, 7) is 4.26. The molecule has 1 saturated carbocycles. The predicted octanol–water partition coefficient (Wildman–Crippen LogP) is 2.26. The van der Waals surface area contributed by atoms with Crippen molar-refractivity contribution in [3.05, 3.63) is 18.2 Å². The summed E-state index contributed by atoms with van der Waals surface area (Å²) in [5.74, 6) is 0.867. The van der Waals surface area contributed by atoms with Gasteiger partial charge in [0, 0.05) is 18.3 Å². The van der Waals surface area contributed by atoms with Gasteiger partial charge in [-0.25, -0.2) is 4.98 Å². The molecule has 2 unspecified atom stereocenters. The van der Waals surface area contributed by atoms with Crippen molar-refractivity contribution in [3.63, 3.8) is 0 Å². The van der Waals surface area contributed by atoms with Gasteiger partial charge in [0.05, 0.1) is 12.0 Å². The maximum Gasteiger partial charge on any atom is 0.0951 e. The van der Waals surface area contributed by atoms with E-state index in [0.29, 0.717) is 6.04 Å². The molecule has 1 aromatic rings. The highest BCUT2D eigenvalue weighted by Gasteiger charge is 2.38. The van der Waals surface area contributed by atoms with E-state index < -0.39 is 0 Å². The zero-order valence-corrected chi connectivity index (χ0v) is 8.98. The average molecular weight is 193 g/mol. The van der Waals surface area contributed by atoms with Crippen LogP contribution >= 0.6 is 0 Å². The van der Waals surface area contributed by atoms with E-state index in [1.54, 1.807) is 0 Å². The van der Waals surface area contributed by atoms with Gasteiger partial charge in [0.15, 0.2) is 0 Å². The van der Waals surface area contributed by atoms with Crippen LogP contribution in [0.15, 0.2) is 12.5 Å². The highest BCUT2D eigenvalue weighted by Crippen LogP contribution is 2.47. The summed E-state index contributed by atoms with van der Waals surface area (Å²) >= 11 is 0. The second-order valence-corrected chi connectivity index (χ2v) is 4.37. The van der Waals surface area contributed by atoms with Crippen LogP contribution < -0.4 is 5.73 Å². The normalized spacial score (nSPS) is 27.6. The van der Waals surface area contributed by atoms with E-state index >= 15 is 0 Å². The summed E-state index contributed by atoms with van der Waals surface area (Å²) in [6, 6.07) is 0.777. The van der Waals surface area contributed by atoms with Crippen molar-refractivity contribution < 1.29 is 0 Å². The topological polar surface area (TPSA) is 43.8 Å². The van der Waals surface area contributed by atoms with E-state index in [2.05, 4.69) is 16.5 Å². The molecule has 14 heavy (non-hydrogen) atoms. The van der Waals surface area contributed by atoms with E-state index in [9.17, 15) is 0 Å². The van der Waals surface area contributed by atoms with Gasteiger partial charge >= 0.3 is 0 Å². The molecule has 1 fully saturated rings. The van der Waals surface area contributed by atoms with Crippen LogP contribution in [-0.4, -0.2) is 9.55 Å². The average Bonchev–Trinajstić information content (AvgIpc) is 2.74. The standard InChI is InChI=1S/C11H19N3/c1-3-4-9-5-10(9)14-7-13-6-11(14)8(2)12/h6-10H,3-5,12H2,1-2H3/t8-,9?,10?/m0/s1. The number of nitrogens with two attached hydrogens (primary N) is 1. The first-order valence-corrected chi connectivity index (χ1v) is 5.51. The zero-order chi connectivity index (χ0) is 10.1. The molecule has 2 N–H and O–H groups in total. The highest BCUT2D eigenvalue weighted by atomic mass is 15.1. The Bertz CT molecular complexity index is 303. The second-order valence-electron chi connectivity index (χ2n) is 4.37. The van der Waals surface area contributed by atoms with E-state index in [0.717, 1.165) is 5.92 Å². The monoisotopic (exact) mass is 193 g/mol. The van der Waals surface area contributed by atoms with Crippen LogP contribution in [0.25, 0.3) is 0 Å². The van der Waals surface area contributed by atoms with Crippen LogP contribution in [-0.2, 0) is 0 Å². The fraction of sp³-hybridized carbons (Fsp3) is 0.727. The predicted molar refractivity (Wildman–Crippen MR) is 56.9 cm³/mol. The number of hydrogen-bond acceptors (Lipinski definition) is 2. The van der Waals surface area contributed by atoms with E-state index in [4.69, 9.17) is 5.73 Å². The van der Waals surface area contributed by atoms with Gasteiger partial charge in [-0.2, -0.15) is 0 Å². The van der Waals surface area contributed by atoms with E-state index in [1.165, 1.54) is 25.0 Å². The maximum absolute atomic E-state index is 5.88. The third-order valence-electron chi connectivity index (χ3n) is 3.06. The van der Waals surface area contributed by atoms with Gasteiger partial charge in [0.2, 0.25) is 0 Å². The molecule has 0 bridgehead atoms. The van der Waals surface area contributed by atoms with E-state index in [1.807, 2.05) is 19.4 Å². The summed E-state index contributed by atoms with van der Waals surface area (Å²) in [4.78, 5) is 4.18. The zero-order valence-electron chi connectivity index (χ0n) is 8.98. The van der Waals surface area contributed by atoms with Crippen molar-refractivity contribution in [1.29, 1.82) is 0 Å². The molecule has 0 saturated heterocycles. The van der Waals surface area contributed by atoms with Crippen molar-refractivity contribution >= 4 is 0 Å². The second kappa shape index (κ2) is 3.73. The van der Waals surface area contributed by atoms with Crippen LogP contribution in [0.5, 0.6) is 0 Å². The van der Waals surface area contributed by atoms with Crippen molar-refractivity contribution in [2.45, 2.75) is 45.2 Å². The Morgan fingerprint density at radius 3 is 3.14 bits per heavy atom. The Balaban J connectivity index is 2.07. The maximum atomic E-state index is 5.88. The van der Waals surface area contributed by atoms with Crippen LogP contribution in [0.3, 0.4) is 0 Å². The summed E-state index contributed by atoms with van der Waals surface area (Å²) in [5.41, 5.74) is 7.06. The molecule has 0 radical (unpaired) electrons. The lowest BCUT2D eigenvalue weighted by Gasteiger charge is -2.10. The van der Waals surface area contributed by atoms with Gasteiger partial charge < -0.3 is 10.3 Å². The molecule has 1 aliphatic rings. The summed E-state index contributed by atoms with van der Waals surface area (Å²) in [6.07, 6.45) is 7.75. The molecular weight excluding hydrogens is 174 g/mol. The molecule has 0 amide bonds. The smallest absolute Gasteiger partial charge is 0.0951 e. The van der Waals surface area contributed by atoms with Gasteiger partial charge in [0.25, 0.3) is 0 Å². The van der Waals surface area contributed by atoms with Crippen LogP contribution in [0.1, 0.15) is 50.9 Å². The number of rotatable bonds is 4. The molecule has 1 aromatic heterocycles. The number of hydrogen-bond donors (Lipinski definition) is 1. The lowest BCUT2D eigenvalue weighted by atomic mass is 10.2. The van der Waals surface area contributed by atoms with Crippen LogP contribution in [0, 0.1) is 5.92 Å². The minimum Gasteiger partial charge on any atom is -0.330 e. The minimum atomic E-state index is 0.0976. The first kappa shape index (κ1) is 9.71. The van der Waals surface area contributed by atoms with Gasteiger partial charge in [-0.1, -0.05) is 13.3 Å². The Kier molecular flexibility index (Phi) is 2.59. The molecular formula is C11H19N3. The van der Waals surface area contributed by atoms with Gasteiger partial charge in [-0.15, -0.1) is 0 Å². The molecule has 0 spiro atoms. The van der Waals surface area contributed by atoms with Crippen molar-refractivity contribution in [2.75, 3.05) is 0 Å². The van der Waals surface area contributed by atoms with Crippen LogP contribution in [0.2, 0.25) is 0 Å². The molecule has 1 heterocycles. The Labute approximate surface area is 85.3 Å². The summed E-state index contributed by atoms with van der Waals surface area (Å²) in [7, 11) is 0. The van der Waals surface area contributed by atoms with Gasteiger partial charge in [0.1, 0.15) is 0 Å². The van der Waals surface area contributed by atoms with Crippen molar-refractivity contribution in [3.8, 4) is 0 Å².